The molecule has 0 spiro atoms. The van der Waals surface area contributed by atoms with E-state index in [0.29, 0.717) is 0 Å². The molecule has 0 aliphatic heterocycles. The number of nitrogens with one attached hydrogen (secondary N) is 3. The molecule has 1 aromatic carbocycles. The highest BCUT2D eigenvalue weighted by molar-refractivity contribution is 6.02. The highest BCUT2D eigenvalue weighted by atomic mass is 16.2. The highest BCUT2D eigenvalue weighted by Gasteiger charge is 2.02. The molecular weight excluding hydrogens is 252 g/mol. The molecule has 0 fully saturated rings. The van der Waals surface area contributed by atoms with Crippen LogP contribution in [0.1, 0.15) is 0 Å². The second-order valence-corrected chi connectivity index (χ2v) is 4.16. The maximum Gasteiger partial charge on any atom is 0.245 e. The van der Waals surface area contributed by atoms with Gasteiger partial charge in [-0.1, -0.05) is 18.2 Å². The van der Waals surface area contributed by atoms with E-state index in [1.165, 1.54) is 6.08 Å². The van der Waals surface area contributed by atoms with Gasteiger partial charge in [0.05, 0.1) is 0 Å². The SMILES string of the molecule is N=C(/C=C\Nc1ccccc1)NC(=O)Cn1cccc1. The molecule has 0 unspecified atom stereocenters. The monoisotopic (exact) mass is 268 g/mol. The van der Waals surface area contributed by atoms with Crippen molar-refractivity contribution in [3.05, 3.63) is 67.1 Å². The third-order valence-corrected chi connectivity index (χ3v) is 2.54. The van der Waals surface area contributed by atoms with E-state index >= 15 is 0 Å². The lowest BCUT2D eigenvalue weighted by molar-refractivity contribution is -0.120. The van der Waals surface area contributed by atoms with Crippen LogP contribution in [-0.4, -0.2) is 16.3 Å². The Bertz CT molecular complexity index is 588. The minimum atomic E-state index is -0.226. The fraction of sp³-hybridized carbons (Fsp3) is 0.0667. The minimum Gasteiger partial charge on any atom is -0.362 e. The Balaban J connectivity index is 1.76. The van der Waals surface area contributed by atoms with Gasteiger partial charge >= 0.3 is 0 Å². The van der Waals surface area contributed by atoms with Crippen LogP contribution in [0.15, 0.2) is 67.1 Å². The normalized spacial score (nSPS) is 10.4. The number of hydrogen-bond acceptors (Lipinski definition) is 3. The summed E-state index contributed by atoms with van der Waals surface area (Å²) in [6.07, 6.45) is 6.72. The van der Waals surface area contributed by atoms with E-state index in [9.17, 15) is 4.79 Å². The smallest absolute Gasteiger partial charge is 0.245 e. The maximum atomic E-state index is 11.6. The predicted molar refractivity (Wildman–Crippen MR) is 79.5 cm³/mol. The molecule has 0 atom stereocenters. The Kier molecular flexibility index (Phi) is 4.72. The lowest BCUT2D eigenvalue weighted by Gasteiger charge is -2.04. The Hall–Kier alpha value is -2.82. The molecule has 2 rings (SSSR count). The predicted octanol–water partition coefficient (Wildman–Crippen LogP) is 2.21. The fourth-order valence-corrected chi connectivity index (χ4v) is 1.63. The summed E-state index contributed by atoms with van der Waals surface area (Å²) in [6.45, 7) is 0.204. The average molecular weight is 268 g/mol. The number of carbonyl (C=O) groups excluding carboxylic acids is 1. The van der Waals surface area contributed by atoms with Crippen molar-refractivity contribution in [2.75, 3.05) is 5.32 Å². The maximum absolute atomic E-state index is 11.6. The third-order valence-electron chi connectivity index (χ3n) is 2.54. The van der Waals surface area contributed by atoms with Crippen LogP contribution in [0.4, 0.5) is 5.69 Å². The van der Waals surface area contributed by atoms with Crippen molar-refractivity contribution in [1.82, 2.24) is 9.88 Å². The van der Waals surface area contributed by atoms with Gasteiger partial charge in [0.1, 0.15) is 12.4 Å². The van der Waals surface area contributed by atoms with Crippen molar-refractivity contribution in [2.45, 2.75) is 6.54 Å². The largest absolute Gasteiger partial charge is 0.362 e. The summed E-state index contributed by atoms with van der Waals surface area (Å²) in [4.78, 5) is 11.6. The summed E-state index contributed by atoms with van der Waals surface area (Å²) >= 11 is 0. The van der Waals surface area contributed by atoms with E-state index in [2.05, 4.69) is 10.6 Å². The summed E-state index contributed by atoms with van der Waals surface area (Å²) < 4.78 is 1.74. The number of hydrogen-bond donors (Lipinski definition) is 3. The molecule has 0 radical (unpaired) electrons. The van der Waals surface area contributed by atoms with Crippen molar-refractivity contribution in [2.24, 2.45) is 0 Å². The van der Waals surface area contributed by atoms with Gasteiger partial charge in [-0.2, -0.15) is 0 Å². The van der Waals surface area contributed by atoms with Crippen molar-refractivity contribution in [1.29, 1.82) is 5.41 Å². The van der Waals surface area contributed by atoms with Crippen LogP contribution in [0, 0.1) is 5.41 Å². The second kappa shape index (κ2) is 6.94. The number of amides is 1. The molecule has 102 valence electrons. The van der Waals surface area contributed by atoms with Crippen LogP contribution in [0.3, 0.4) is 0 Å². The van der Waals surface area contributed by atoms with Crippen molar-refractivity contribution < 1.29 is 4.79 Å². The average Bonchev–Trinajstić information content (AvgIpc) is 2.92. The van der Waals surface area contributed by atoms with Gasteiger partial charge in [-0.25, -0.2) is 0 Å². The van der Waals surface area contributed by atoms with Gasteiger partial charge in [0, 0.05) is 24.3 Å². The lowest BCUT2D eigenvalue weighted by atomic mass is 10.3. The number of rotatable bonds is 5. The zero-order valence-electron chi connectivity index (χ0n) is 10.9. The number of nitrogens with zero attached hydrogens (tertiary/aromatic N) is 1. The summed E-state index contributed by atoms with van der Waals surface area (Å²) in [7, 11) is 0. The van der Waals surface area contributed by atoms with E-state index in [1.54, 1.807) is 23.2 Å². The molecule has 5 heteroatoms. The number of amidine groups is 1. The van der Waals surface area contributed by atoms with E-state index in [4.69, 9.17) is 5.41 Å². The van der Waals surface area contributed by atoms with E-state index < -0.39 is 0 Å². The lowest BCUT2D eigenvalue weighted by Crippen LogP contribution is -2.31. The zero-order chi connectivity index (χ0) is 14.2. The Labute approximate surface area is 117 Å². The van der Waals surface area contributed by atoms with E-state index in [-0.39, 0.29) is 18.3 Å². The van der Waals surface area contributed by atoms with E-state index in [0.717, 1.165) is 5.69 Å². The first kappa shape index (κ1) is 13.6. The molecule has 3 N–H and O–H groups in total. The Morgan fingerprint density at radius 1 is 1.15 bits per heavy atom. The quantitative estimate of drug-likeness (QED) is 0.575. The molecule has 1 heterocycles. The molecule has 1 aromatic heterocycles. The van der Waals surface area contributed by atoms with Crippen molar-refractivity contribution in [3.8, 4) is 0 Å². The van der Waals surface area contributed by atoms with Crippen LogP contribution >= 0.6 is 0 Å². The van der Waals surface area contributed by atoms with Gasteiger partial charge in [-0.15, -0.1) is 0 Å². The summed E-state index contributed by atoms with van der Waals surface area (Å²) in [6, 6.07) is 13.3. The molecule has 0 saturated carbocycles. The molecule has 5 nitrogen and oxygen atoms in total. The van der Waals surface area contributed by atoms with Gasteiger partial charge in [-0.3, -0.25) is 10.2 Å². The molecule has 0 aliphatic rings. The minimum absolute atomic E-state index is 0.0468. The van der Waals surface area contributed by atoms with Gasteiger partial charge in [0.15, 0.2) is 0 Å². The first-order valence-electron chi connectivity index (χ1n) is 6.21. The van der Waals surface area contributed by atoms with Crippen LogP contribution in [-0.2, 0) is 11.3 Å². The number of carbonyl (C=O) groups is 1. The standard InChI is InChI=1S/C15H16N4O/c16-14(8-9-17-13-6-2-1-3-7-13)18-15(20)12-19-10-4-5-11-19/h1-11,17H,12H2,(H2,16,18,20)/b9-8-. The Morgan fingerprint density at radius 2 is 1.85 bits per heavy atom. The summed E-state index contributed by atoms with van der Waals surface area (Å²) in [5, 5.41) is 13.2. The zero-order valence-corrected chi connectivity index (χ0v) is 10.9. The van der Waals surface area contributed by atoms with Crippen LogP contribution in [0.2, 0.25) is 0 Å². The summed E-state index contributed by atoms with van der Waals surface area (Å²) in [5.74, 6) is -0.179. The molecular formula is C15H16N4O. The first-order chi connectivity index (χ1) is 9.74. The molecule has 20 heavy (non-hydrogen) atoms. The van der Waals surface area contributed by atoms with Crippen LogP contribution in [0.5, 0.6) is 0 Å². The van der Waals surface area contributed by atoms with Gasteiger partial charge in [0.2, 0.25) is 5.91 Å². The third kappa shape index (κ3) is 4.45. The topological polar surface area (TPSA) is 69.9 Å². The van der Waals surface area contributed by atoms with Gasteiger partial charge < -0.3 is 15.2 Å². The molecule has 1 amide bonds. The highest BCUT2D eigenvalue weighted by Crippen LogP contribution is 2.04. The van der Waals surface area contributed by atoms with Gasteiger partial charge in [-0.05, 0) is 30.3 Å². The van der Waals surface area contributed by atoms with Crippen molar-refractivity contribution in [3.63, 3.8) is 0 Å². The number of benzene rings is 1. The number of para-hydroxylation sites is 1. The first-order valence-corrected chi connectivity index (χ1v) is 6.21. The number of anilines is 1. The summed E-state index contributed by atoms with van der Waals surface area (Å²) in [5.41, 5.74) is 0.926. The van der Waals surface area contributed by atoms with Crippen LogP contribution < -0.4 is 10.6 Å². The van der Waals surface area contributed by atoms with Gasteiger partial charge in [0.25, 0.3) is 0 Å². The molecule has 0 saturated heterocycles. The molecule has 2 aromatic rings. The van der Waals surface area contributed by atoms with Crippen molar-refractivity contribution >= 4 is 17.4 Å². The molecule has 0 aliphatic carbocycles. The Morgan fingerprint density at radius 3 is 2.55 bits per heavy atom. The fourth-order valence-electron chi connectivity index (χ4n) is 1.63. The van der Waals surface area contributed by atoms with Crippen LogP contribution in [0.25, 0.3) is 0 Å². The number of aromatic nitrogens is 1. The van der Waals surface area contributed by atoms with E-state index in [1.807, 2.05) is 42.5 Å². The second-order valence-electron chi connectivity index (χ2n) is 4.16. The molecule has 0 bridgehead atoms.